The van der Waals surface area contributed by atoms with E-state index in [1.807, 2.05) is 40.6 Å². The van der Waals surface area contributed by atoms with E-state index in [1.54, 1.807) is 0 Å². The highest BCUT2D eigenvalue weighted by Crippen LogP contribution is 2.26. The van der Waals surface area contributed by atoms with Crippen LogP contribution in [0.2, 0.25) is 0 Å². The Labute approximate surface area is 145 Å². The van der Waals surface area contributed by atoms with Crippen molar-refractivity contribution in [2.24, 2.45) is 5.92 Å². The van der Waals surface area contributed by atoms with E-state index in [-0.39, 0.29) is 18.2 Å². The summed E-state index contributed by atoms with van der Waals surface area (Å²) in [5, 5.41) is 11.2. The molecule has 1 fully saturated rings. The molecule has 1 aromatic heterocycles. The van der Waals surface area contributed by atoms with Crippen molar-refractivity contribution in [2.75, 3.05) is 13.1 Å². The number of carboxylic acid groups (broad SMARTS) is 1. The summed E-state index contributed by atoms with van der Waals surface area (Å²) in [5.74, 6) is -0.541. The normalized spacial score (nSPS) is 17.7. The fourth-order valence-corrected chi connectivity index (χ4v) is 3.85. The van der Waals surface area contributed by atoms with Gasteiger partial charge in [-0.3, -0.25) is 9.59 Å². The lowest BCUT2D eigenvalue weighted by atomic mass is 9.93. The van der Waals surface area contributed by atoms with Gasteiger partial charge in [0.1, 0.15) is 0 Å². The van der Waals surface area contributed by atoms with Crippen molar-refractivity contribution in [3.05, 3.63) is 40.7 Å². The van der Waals surface area contributed by atoms with Crippen molar-refractivity contribution in [1.82, 2.24) is 9.88 Å². The summed E-state index contributed by atoms with van der Waals surface area (Å²) in [6, 6.07) is 9.81. The molecule has 0 bridgehead atoms. The Morgan fingerprint density at radius 3 is 2.83 bits per heavy atom. The molecule has 1 aliphatic rings. The molecule has 24 heavy (non-hydrogen) atoms. The van der Waals surface area contributed by atoms with E-state index in [0.29, 0.717) is 18.0 Å². The van der Waals surface area contributed by atoms with Crippen molar-refractivity contribution in [2.45, 2.75) is 25.7 Å². The summed E-state index contributed by atoms with van der Waals surface area (Å²) in [6.07, 6.45) is 2.71. The van der Waals surface area contributed by atoms with Gasteiger partial charge in [0.25, 0.3) is 5.91 Å². The molecule has 1 aliphatic heterocycles. The molecule has 1 atom stereocenters. The molecular weight excluding hydrogens is 324 g/mol. The molecule has 6 heteroatoms. The number of carbonyl (C=O) groups is 2. The van der Waals surface area contributed by atoms with Crippen LogP contribution < -0.4 is 0 Å². The Kier molecular flexibility index (Phi) is 5.25. The quantitative estimate of drug-likeness (QED) is 0.901. The number of piperidine rings is 1. The lowest BCUT2D eigenvalue weighted by Crippen LogP contribution is -2.40. The molecule has 0 aliphatic carbocycles. The van der Waals surface area contributed by atoms with E-state index in [2.05, 4.69) is 4.98 Å². The summed E-state index contributed by atoms with van der Waals surface area (Å²) in [4.78, 5) is 29.7. The maximum absolute atomic E-state index is 12.7. The van der Waals surface area contributed by atoms with Crippen molar-refractivity contribution >= 4 is 23.2 Å². The Hall–Kier alpha value is -2.21. The third kappa shape index (κ3) is 4.00. The largest absolute Gasteiger partial charge is 0.481 e. The van der Waals surface area contributed by atoms with E-state index in [9.17, 15) is 9.59 Å². The predicted octanol–water partition coefficient (Wildman–Crippen LogP) is 3.53. The molecule has 1 saturated heterocycles. The van der Waals surface area contributed by atoms with E-state index >= 15 is 0 Å². The first-order valence-electron chi connectivity index (χ1n) is 8.15. The third-order valence-corrected chi connectivity index (χ3v) is 5.16. The van der Waals surface area contributed by atoms with Crippen molar-refractivity contribution < 1.29 is 14.7 Å². The van der Waals surface area contributed by atoms with E-state index in [4.69, 9.17) is 5.11 Å². The first kappa shape index (κ1) is 16.6. The number of amides is 1. The number of thiazole rings is 1. The van der Waals surface area contributed by atoms with Gasteiger partial charge in [-0.2, -0.15) is 0 Å². The number of nitrogens with zero attached hydrogens (tertiary/aromatic N) is 2. The fourth-order valence-electron chi connectivity index (χ4n) is 3.06. The summed E-state index contributed by atoms with van der Waals surface area (Å²) in [7, 11) is 0. The average molecular weight is 344 g/mol. The molecule has 1 aromatic carbocycles. The monoisotopic (exact) mass is 344 g/mol. The molecule has 3 rings (SSSR count). The van der Waals surface area contributed by atoms with Crippen LogP contribution in [0.3, 0.4) is 0 Å². The summed E-state index contributed by atoms with van der Waals surface area (Å²) in [6.45, 7) is 1.36. The van der Waals surface area contributed by atoms with Gasteiger partial charge in [-0.25, -0.2) is 4.98 Å². The zero-order valence-electron chi connectivity index (χ0n) is 13.4. The number of carboxylic acids is 1. The number of carbonyl (C=O) groups excluding carboxylic acids is 1. The maximum atomic E-state index is 12.7. The number of hydrogen-bond acceptors (Lipinski definition) is 4. The average Bonchev–Trinajstić information content (AvgIpc) is 3.10. The zero-order valence-corrected chi connectivity index (χ0v) is 14.2. The molecule has 1 amide bonds. The van der Waals surface area contributed by atoms with Crippen LogP contribution in [-0.4, -0.2) is 40.0 Å². The second-order valence-corrected chi connectivity index (χ2v) is 6.95. The van der Waals surface area contributed by atoms with Crippen LogP contribution in [0, 0.1) is 5.92 Å². The van der Waals surface area contributed by atoms with Gasteiger partial charge in [0, 0.05) is 30.5 Å². The van der Waals surface area contributed by atoms with Crippen LogP contribution in [0.4, 0.5) is 0 Å². The topological polar surface area (TPSA) is 70.5 Å². The van der Waals surface area contributed by atoms with Crippen LogP contribution in [0.15, 0.2) is 35.7 Å². The number of aliphatic carboxylic acids is 1. The molecule has 5 nitrogen and oxygen atoms in total. The standard InChI is InChI=1S/C18H20N2O3S/c21-16(22)9-8-13-5-4-10-20(11-13)18(23)17-19-15(12-24-17)14-6-2-1-3-7-14/h1-3,6-7,12-13H,4-5,8-11H2,(H,21,22). The second kappa shape index (κ2) is 7.57. The lowest BCUT2D eigenvalue weighted by Gasteiger charge is -2.32. The van der Waals surface area contributed by atoms with E-state index < -0.39 is 5.97 Å². The number of rotatable bonds is 5. The van der Waals surface area contributed by atoms with Crippen LogP contribution in [0.5, 0.6) is 0 Å². The fraction of sp³-hybridized carbons (Fsp3) is 0.389. The van der Waals surface area contributed by atoms with Crippen LogP contribution in [0.1, 0.15) is 35.5 Å². The van der Waals surface area contributed by atoms with Crippen LogP contribution in [-0.2, 0) is 4.79 Å². The summed E-state index contributed by atoms with van der Waals surface area (Å²) < 4.78 is 0. The molecule has 0 spiro atoms. The summed E-state index contributed by atoms with van der Waals surface area (Å²) >= 11 is 1.37. The highest BCUT2D eigenvalue weighted by atomic mass is 32.1. The van der Waals surface area contributed by atoms with Crippen molar-refractivity contribution in [3.8, 4) is 11.3 Å². The number of hydrogen-bond donors (Lipinski definition) is 1. The predicted molar refractivity (Wildman–Crippen MR) is 93.0 cm³/mol. The van der Waals surface area contributed by atoms with Gasteiger partial charge in [-0.1, -0.05) is 30.3 Å². The minimum absolute atomic E-state index is 0.0396. The lowest BCUT2D eigenvalue weighted by molar-refractivity contribution is -0.137. The Bertz CT molecular complexity index is 714. The number of aromatic nitrogens is 1. The Balaban J connectivity index is 1.66. The van der Waals surface area contributed by atoms with Crippen molar-refractivity contribution in [3.63, 3.8) is 0 Å². The first-order valence-corrected chi connectivity index (χ1v) is 9.03. The molecule has 1 unspecified atom stereocenters. The van der Waals surface area contributed by atoms with Gasteiger partial charge >= 0.3 is 5.97 Å². The highest BCUT2D eigenvalue weighted by Gasteiger charge is 2.26. The SMILES string of the molecule is O=C(O)CCC1CCCN(C(=O)c2nc(-c3ccccc3)cs2)C1. The van der Waals surface area contributed by atoms with E-state index in [0.717, 1.165) is 30.6 Å². The molecule has 0 radical (unpaired) electrons. The number of benzene rings is 1. The van der Waals surface area contributed by atoms with Crippen LogP contribution in [0.25, 0.3) is 11.3 Å². The molecule has 2 aromatic rings. The number of likely N-dealkylation sites (tertiary alicyclic amines) is 1. The Morgan fingerprint density at radius 2 is 2.08 bits per heavy atom. The third-order valence-electron chi connectivity index (χ3n) is 4.33. The molecule has 2 heterocycles. The van der Waals surface area contributed by atoms with Gasteiger partial charge in [-0.15, -0.1) is 11.3 Å². The second-order valence-electron chi connectivity index (χ2n) is 6.10. The molecule has 1 N–H and O–H groups in total. The molecule has 126 valence electrons. The maximum Gasteiger partial charge on any atom is 0.303 e. The van der Waals surface area contributed by atoms with Gasteiger partial charge in [0.15, 0.2) is 5.01 Å². The summed E-state index contributed by atoms with van der Waals surface area (Å²) in [5.41, 5.74) is 1.83. The van der Waals surface area contributed by atoms with Crippen molar-refractivity contribution in [1.29, 1.82) is 0 Å². The smallest absolute Gasteiger partial charge is 0.303 e. The van der Waals surface area contributed by atoms with Gasteiger partial charge in [0.2, 0.25) is 0 Å². The van der Waals surface area contributed by atoms with E-state index in [1.165, 1.54) is 11.3 Å². The minimum Gasteiger partial charge on any atom is -0.481 e. The highest BCUT2D eigenvalue weighted by molar-refractivity contribution is 7.12. The molecule has 0 saturated carbocycles. The first-order chi connectivity index (χ1) is 11.6. The van der Waals surface area contributed by atoms with Gasteiger partial charge in [-0.05, 0) is 25.2 Å². The molecular formula is C18H20N2O3S. The Morgan fingerprint density at radius 1 is 1.29 bits per heavy atom. The minimum atomic E-state index is -0.772. The van der Waals surface area contributed by atoms with Crippen LogP contribution >= 0.6 is 11.3 Å². The zero-order chi connectivity index (χ0) is 16.9. The van der Waals surface area contributed by atoms with Gasteiger partial charge in [0.05, 0.1) is 5.69 Å². The van der Waals surface area contributed by atoms with Gasteiger partial charge < -0.3 is 10.0 Å².